The van der Waals surface area contributed by atoms with E-state index in [4.69, 9.17) is 4.42 Å². The summed E-state index contributed by atoms with van der Waals surface area (Å²) in [5.74, 6) is 0.555. The average molecular weight is 267 g/mol. The molecule has 3 rings (SSSR count). The smallest absolute Gasteiger partial charge is 0.336 e. The molecule has 0 amide bonds. The van der Waals surface area contributed by atoms with E-state index in [2.05, 4.69) is 15.3 Å². The summed E-state index contributed by atoms with van der Waals surface area (Å²) in [6, 6.07) is 10.5. The van der Waals surface area contributed by atoms with Crippen molar-refractivity contribution in [3.63, 3.8) is 0 Å². The van der Waals surface area contributed by atoms with Crippen molar-refractivity contribution in [2.45, 2.75) is 13.8 Å². The second kappa shape index (κ2) is 4.77. The fraction of sp³-hybridized carbons (Fsp3) is 0.133. The standard InChI is InChI=1S/C15H13N3O2/c1-9-7-10(2)17-15(16-9)18-12-4-5-13-11(8-12)3-6-14(19)20-13/h3-8H,1-2H3,(H,16,17,18). The Hall–Kier alpha value is -2.69. The van der Waals surface area contributed by atoms with E-state index < -0.39 is 0 Å². The number of benzene rings is 1. The predicted molar refractivity (Wildman–Crippen MR) is 77.3 cm³/mol. The van der Waals surface area contributed by atoms with Gasteiger partial charge in [0.1, 0.15) is 5.58 Å². The first-order valence-electron chi connectivity index (χ1n) is 6.23. The highest BCUT2D eigenvalue weighted by Gasteiger charge is 2.03. The van der Waals surface area contributed by atoms with E-state index in [1.807, 2.05) is 32.0 Å². The summed E-state index contributed by atoms with van der Waals surface area (Å²) in [6.07, 6.45) is 0. The molecule has 1 aromatic carbocycles. The maximum atomic E-state index is 11.1. The highest BCUT2D eigenvalue weighted by Crippen LogP contribution is 2.20. The Balaban J connectivity index is 1.98. The van der Waals surface area contributed by atoms with Gasteiger partial charge in [-0.3, -0.25) is 0 Å². The van der Waals surface area contributed by atoms with E-state index in [9.17, 15) is 4.79 Å². The number of aryl methyl sites for hydroxylation is 2. The van der Waals surface area contributed by atoms with Crippen LogP contribution in [0.15, 0.2) is 45.6 Å². The van der Waals surface area contributed by atoms with Crippen molar-refractivity contribution in [3.8, 4) is 0 Å². The first-order valence-corrected chi connectivity index (χ1v) is 6.23. The lowest BCUT2D eigenvalue weighted by molar-refractivity contribution is 0.561. The molecule has 5 nitrogen and oxygen atoms in total. The predicted octanol–water partition coefficient (Wildman–Crippen LogP) is 2.94. The maximum Gasteiger partial charge on any atom is 0.336 e. The zero-order chi connectivity index (χ0) is 14.1. The van der Waals surface area contributed by atoms with Gasteiger partial charge >= 0.3 is 5.63 Å². The molecular formula is C15H13N3O2. The number of anilines is 2. The molecule has 0 saturated carbocycles. The molecule has 0 atom stereocenters. The van der Waals surface area contributed by atoms with Crippen LogP contribution in [0.4, 0.5) is 11.6 Å². The third-order valence-corrected chi connectivity index (χ3v) is 2.86. The molecule has 2 heterocycles. The van der Waals surface area contributed by atoms with E-state index in [1.165, 1.54) is 6.07 Å². The quantitative estimate of drug-likeness (QED) is 0.723. The molecule has 2 aromatic heterocycles. The summed E-state index contributed by atoms with van der Waals surface area (Å²) >= 11 is 0. The van der Waals surface area contributed by atoms with Gasteiger partial charge in [0.25, 0.3) is 0 Å². The Morgan fingerprint density at radius 2 is 1.75 bits per heavy atom. The molecule has 0 aliphatic heterocycles. The number of nitrogens with one attached hydrogen (secondary N) is 1. The summed E-state index contributed by atoms with van der Waals surface area (Å²) in [6.45, 7) is 3.85. The molecule has 0 saturated heterocycles. The van der Waals surface area contributed by atoms with E-state index in [0.29, 0.717) is 11.5 Å². The number of aromatic nitrogens is 2. The van der Waals surface area contributed by atoms with Crippen molar-refractivity contribution >= 4 is 22.6 Å². The Bertz CT molecular complexity index is 820. The molecule has 5 heteroatoms. The van der Waals surface area contributed by atoms with Gasteiger partial charge in [-0.25, -0.2) is 14.8 Å². The Labute approximate surface area is 115 Å². The van der Waals surface area contributed by atoms with E-state index in [-0.39, 0.29) is 5.63 Å². The zero-order valence-electron chi connectivity index (χ0n) is 11.2. The zero-order valence-corrected chi connectivity index (χ0v) is 11.2. The van der Waals surface area contributed by atoms with Gasteiger partial charge < -0.3 is 9.73 Å². The lowest BCUT2D eigenvalue weighted by Crippen LogP contribution is -2.00. The second-order valence-corrected chi connectivity index (χ2v) is 4.61. The molecule has 0 aliphatic carbocycles. The van der Waals surface area contributed by atoms with Crippen molar-refractivity contribution in [2.75, 3.05) is 5.32 Å². The van der Waals surface area contributed by atoms with Crippen LogP contribution in [0.2, 0.25) is 0 Å². The third kappa shape index (κ3) is 2.51. The van der Waals surface area contributed by atoms with Gasteiger partial charge in [-0.15, -0.1) is 0 Å². The Kier molecular flexibility index (Phi) is 2.95. The number of rotatable bonds is 2. The van der Waals surface area contributed by atoms with Gasteiger partial charge in [0, 0.05) is 28.5 Å². The largest absolute Gasteiger partial charge is 0.423 e. The summed E-state index contributed by atoms with van der Waals surface area (Å²) in [7, 11) is 0. The monoisotopic (exact) mass is 267 g/mol. The lowest BCUT2D eigenvalue weighted by Gasteiger charge is -2.07. The fourth-order valence-corrected chi connectivity index (χ4v) is 2.06. The summed E-state index contributed by atoms with van der Waals surface area (Å²) in [5, 5.41) is 4.00. The van der Waals surface area contributed by atoms with Crippen LogP contribution < -0.4 is 10.9 Å². The van der Waals surface area contributed by atoms with Gasteiger partial charge in [-0.1, -0.05) is 0 Å². The lowest BCUT2D eigenvalue weighted by atomic mass is 10.2. The number of hydrogen-bond donors (Lipinski definition) is 1. The van der Waals surface area contributed by atoms with Gasteiger partial charge in [-0.2, -0.15) is 0 Å². The molecule has 1 N–H and O–H groups in total. The molecule has 0 radical (unpaired) electrons. The van der Waals surface area contributed by atoms with Crippen LogP contribution in [-0.4, -0.2) is 9.97 Å². The van der Waals surface area contributed by atoms with Crippen LogP contribution in [0.3, 0.4) is 0 Å². The Morgan fingerprint density at radius 3 is 2.50 bits per heavy atom. The summed E-state index contributed by atoms with van der Waals surface area (Å²) in [4.78, 5) is 19.8. The van der Waals surface area contributed by atoms with E-state index in [0.717, 1.165) is 22.5 Å². The van der Waals surface area contributed by atoms with Crippen LogP contribution in [0, 0.1) is 13.8 Å². The van der Waals surface area contributed by atoms with Crippen LogP contribution in [0.1, 0.15) is 11.4 Å². The SMILES string of the molecule is Cc1cc(C)nc(Nc2ccc3oc(=O)ccc3c2)n1. The number of fused-ring (bicyclic) bond motifs is 1. The topological polar surface area (TPSA) is 68.0 Å². The van der Waals surface area contributed by atoms with Crippen molar-refractivity contribution in [3.05, 3.63) is 58.2 Å². The first-order chi connectivity index (χ1) is 9.60. The second-order valence-electron chi connectivity index (χ2n) is 4.61. The van der Waals surface area contributed by atoms with Gasteiger partial charge in [0.2, 0.25) is 5.95 Å². The minimum Gasteiger partial charge on any atom is -0.423 e. The molecule has 0 spiro atoms. The van der Waals surface area contributed by atoms with Crippen LogP contribution in [0.25, 0.3) is 11.0 Å². The van der Waals surface area contributed by atoms with Crippen molar-refractivity contribution in [1.29, 1.82) is 0 Å². The molecule has 0 fully saturated rings. The summed E-state index contributed by atoms with van der Waals surface area (Å²) < 4.78 is 5.09. The fourth-order valence-electron chi connectivity index (χ4n) is 2.06. The minimum absolute atomic E-state index is 0.351. The molecule has 0 bridgehead atoms. The number of hydrogen-bond acceptors (Lipinski definition) is 5. The van der Waals surface area contributed by atoms with E-state index >= 15 is 0 Å². The molecule has 20 heavy (non-hydrogen) atoms. The van der Waals surface area contributed by atoms with Crippen LogP contribution in [0.5, 0.6) is 0 Å². The van der Waals surface area contributed by atoms with Gasteiger partial charge in [-0.05, 0) is 44.2 Å². The average Bonchev–Trinajstić information content (AvgIpc) is 2.38. The minimum atomic E-state index is -0.351. The molecule has 0 aliphatic rings. The van der Waals surface area contributed by atoms with Crippen molar-refractivity contribution in [2.24, 2.45) is 0 Å². The van der Waals surface area contributed by atoms with Crippen LogP contribution in [-0.2, 0) is 0 Å². The molecular weight excluding hydrogens is 254 g/mol. The Morgan fingerprint density at radius 1 is 1.00 bits per heavy atom. The highest BCUT2D eigenvalue weighted by molar-refractivity contribution is 5.81. The number of nitrogens with zero attached hydrogens (tertiary/aromatic N) is 2. The van der Waals surface area contributed by atoms with Gasteiger partial charge in [0.05, 0.1) is 0 Å². The van der Waals surface area contributed by atoms with Crippen molar-refractivity contribution in [1.82, 2.24) is 9.97 Å². The first kappa shape index (κ1) is 12.3. The van der Waals surface area contributed by atoms with Crippen molar-refractivity contribution < 1.29 is 4.42 Å². The molecule has 0 unspecified atom stereocenters. The van der Waals surface area contributed by atoms with Crippen LogP contribution >= 0.6 is 0 Å². The van der Waals surface area contributed by atoms with E-state index in [1.54, 1.807) is 12.1 Å². The maximum absolute atomic E-state index is 11.1. The van der Waals surface area contributed by atoms with Gasteiger partial charge in [0.15, 0.2) is 0 Å². The highest BCUT2D eigenvalue weighted by atomic mass is 16.4. The summed E-state index contributed by atoms with van der Waals surface area (Å²) in [5.41, 5.74) is 2.87. The molecule has 100 valence electrons. The normalized spacial score (nSPS) is 10.7. The molecule has 3 aromatic rings. The third-order valence-electron chi connectivity index (χ3n) is 2.86.